The van der Waals surface area contributed by atoms with E-state index in [1.54, 1.807) is 0 Å². The van der Waals surface area contributed by atoms with Crippen LogP contribution in [0.3, 0.4) is 0 Å². The van der Waals surface area contributed by atoms with Crippen molar-refractivity contribution in [2.75, 3.05) is 13.2 Å². The molecular weight excluding hydrogens is 132 g/mol. The molecule has 0 amide bonds. The summed E-state index contributed by atoms with van der Waals surface area (Å²) in [5.74, 6) is -0.172. The molecule has 0 saturated carbocycles. The van der Waals surface area contributed by atoms with E-state index in [1.807, 2.05) is 13.8 Å². The van der Waals surface area contributed by atoms with Crippen LogP contribution in [-0.2, 0) is 14.3 Å². The molecule has 0 radical (unpaired) electrons. The number of carbonyl (C=O) groups is 1. The number of epoxide rings is 1. The molecular formula is C7H12O3. The molecule has 1 saturated heterocycles. The summed E-state index contributed by atoms with van der Waals surface area (Å²) in [7, 11) is 0. The van der Waals surface area contributed by atoms with Crippen LogP contribution in [0.25, 0.3) is 0 Å². The second-order valence-corrected chi connectivity index (χ2v) is 2.74. The van der Waals surface area contributed by atoms with Crippen molar-refractivity contribution in [2.24, 2.45) is 5.92 Å². The Morgan fingerprint density at radius 2 is 2.40 bits per heavy atom. The van der Waals surface area contributed by atoms with Crippen LogP contribution in [-0.4, -0.2) is 25.3 Å². The van der Waals surface area contributed by atoms with Crippen LogP contribution in [0.15, 0.2) is 0 Å². The molecule has 0 aromatic carbocycles. The molecule has 3 nitrogen and oxygen atoms in total. The number of ether oxygens (including phenoxy) is 2. The summed E-state index contributed by atoms with van der Waals surface area (Å²) in [5.41, 5.74) is 0. The van der Waals surface area contributed by atoms with Gasteiger partial charge in [0.2, 0.25) is 0 Å². The van der Waals surface area contributed by atoms with E-state index < -0.39 is 0 Å². The van der Waals surface area contributed by atoms with E-state index in [1.165, 1.54) is 0 Å². The third-order valence-corrected chi connectivity index (χ3v) is 1.29. The number of hydrogen-bond acceptors (Lipinski definition) is 3. The number of carbonyl (C=O) groups excluding carboxylic acids is 1. The lowest BCUT2D eigenvalue weighted by atomic mass is 10.2. The molecule has 1 rings (SSSR count). The van der Waals surface area contributed by atoms with Gasteiger partial charge in [0.05, 0.1) is 12.5 Å². The predicted molar refractivity (Wildman–Crippen MR) is 35.5 cm³/mol. The Labute approximate surface area is 60.3 Å². The Kier molecular flexibility index (Phi) is 2.27. The smallest absolute Gasteiger partial charge is 0.308 e. The average Bonchev–Trinajstić information content (AvgIpc) is 2.64. The van der Waals surface area contributed by atoms with Gasteiger partial charge in [-0.25, -0.2) is 0 Å². The van der Waals surface area contributed by atoms with Crippen LogP contribution >= 0.6 is 0 Å². The quantitative estimate of drug-likeness (QED) is 0.429. The second-order valence-electron chi connectivity index (χ2n) is 2.74. The van der Waals surface area contributed by atoms with Crippen LogP contribution in [0.5, 0.6) is 0 Å². The van der Waals surface area contributed by atoms with E-state index in [4.69, 9.17) is 9.47 Å². The lowest BCUT2D eigenvalue weighted by molar-refractivity contribution is -0.147. The predicted octanol–water partition coefficient (Wildman–Crippen LogP) is 0.584. The van der Waals surface area contributed by atoms with Gasteiger partial charge in [-0.15, -0.1) is 0 Å². The first-order valence-corrected chi connectivity index (χ1v) is 3.48. The normalized spacial score (nSPS) is 22.9. The van der Waals surface area contributed by atoms with Gasteiger partial charge in [-0.2, -0.15) is 0 Å². The highest BCUT2D eigenvalue weighted by Gasteiger charge is 2.24. The Balaban J connectivity index is 2.05. The minimum absolute atomic E-state index is 0.0289. The molecule has 0 aromatic rings. The van der Waals surface area contributed by atoms with Gasteiger partial charge in [0, 0.05) is 0 Å². The molecule has 0 N–H and O–H groups in total. The molecule has 1 unspecified atom stereocenters. The summed E-state index contributed by atoms with van der Waals surface area (Å²) in [4.78, 5) is 10.8. The van der Waals surface area contributed by atoms with Gasteiger partial charge in [0.1, 0.15) is 12.7 Å². The van der Waals surface area contributed by atoms with Crippen molar-refractivity contribution in [2.45, 2.75) is 20.0 Å². The van der Waals surface area contributed by atoms with E-state index in [9.17, 15) is 4.79 Å². The fraction of sp³-hybridized carbons (Fsp3) is 0.857. The molecule has 1 fully saturated rings. The highest BCUT2D eigenvalue weighted by Crippen LogP contribution is 2.09. The second kappa shape index (κ2) is 3.01. The summed E-state index contributed by atoms with van der Waals surface area (Å²) in [6, 6.07) is 0. The maximum absolute atomic E-state index is 10.8. The van der Waals surface area contributed by atoms with E-state index in [2.05, 4.69) is 0 Å². The van der Waals surface area contributed by atoms with Crippen molar-refractivity contribution in [1.82, 2.24) is 0 Å². The van der Waals surface area contributed by atoms with Gasteiger partial charge in [-0.05, 0) is 0 Å². The summed E-state index contributed by atoms with van der Waals surface area (Å²) < 4.78 is 9.72. The molecule has 3 heteroatoms. The van der Waals surface area contributed by atoms with Gasteiger partial charge in [0.25, 0.3) is 0 Å². The Bertz CT molecular complexity index is 127. The first-order chi connectivity index (χ1) is 4.70. The summed E-state index contributed by atoms with van der Waals surface area (Å²) in [6.45, 7) is 4.80. The SMILES string of the molecule is CC(C)C(=O)OCC1CO1. The lowest BCUT2D eigenvalue weighted by Crippen LogP contribution is -2.14. The molecule has 58 valence electrons. The summed E-state index contributed by atoms with van der Waals surface area (Å²) in [5, 5.41) is 0. The van der Waals surface area contributed by atoms with Crippen LogP contribution in [0.1, 0.15) is 13.8 Å². The van der Waals surface area contributed by atoms with Gasteiger partial charge in [-0.1, -0.05) is 13.8 Å². The van der Waals surface area contributed by atoms with Crippen molar-refractivity contribution in [3.63, 3.8) is 0 Å². The zero-order valence-electron chi connectivity index (χ0n) is 6.29. The Morgan fingerprint density at radius 1 is 1.80 bits per heavy atom. The molecule has 0 spiro atoms. The van der Waals surface area contributed by atoms with Crippen LogP contribution in [0.4, 0.5) is 0 Å². The summed E-state index contributed by atoms with van der Waals surface area (Å²) >= 11 is 0. The van der Waals surface area contributed by atoms with Crippen molar-refractivity contribution in [3.05, 3.63) is 0 Å². The standard InChI is InChI=1S/C7H12O3/c1-5(2)7(8)10-4-6-3-9-6/h5-6H,3-4H2,1-2H3. The molecule has 10 heavy (non-hydrogen) atoms. The zero-order chi connectivity index (χ0) is 7.56. The third kappa shape index (κ3) is 2.35. The zero-order valence-corrected chi connectivity index (χ0v) is 6.29. The minimum Gasteiger partial charge on any atom is -0.463 e. The van der Waals surface area contributed by atoms with E-state index in [0.29, 0.717) is 6.61 Å². The van der Waals surface area contributed by atoms with Gasteiger partial charge in [0.15, 0.2) is 0 Å². The molecule has 0 aliphatic carbocycles. The molecule has 1 aliphatic rings. The number of hydrogen-bond donors (Lipinski definition) is 0. The van der Waals surface area contributed by atoms with Gasteiger partial charge in [-0.3, -0.25) is 4.79 Å². The first-order valence-electron chi connectivity index (χ1n) is 3.48. The van der Waals surface area contributed by atoms with E-state index in [-0.39, 0.29) is 18.0 Å². The van der Waals surface area contributed by atoms with Crippen LogP contribution < -0.4 is 0 Å². The monoisotopic (exact) mass is 144 g/mol. The largest absolute Gasteiger partial charge is 0.463 e. The minimum atomic E-state index is -0.143. The highest BCUT2D eigenvalue weighted by molar-refractivity contribution is 5.71. The van der Waals surface area contributed by atoms with E-state index >= 15 is 0 Å². The fourth-order valence-electron chi connectivity index (χ4n) is 0.506. The molecule has 0 aromatic heterocycles. The number of esters is 1. The lowest BCUT2D eigenvalue weighted by Gasteiger charge is -2.03. The number of rotatable bonds is 3. The van der Waals surface area contributed by atoms with Crippen molar-refractivity contribution in [1.29, 1.82) is 0 Å². The molecule has 1 atom stereocenters. The van der Waals surface area contributed by atoms with Crippen molar-refractivity contribution < 1.29 is 14.3 Å². The maximum Gasteiger partial charge on any atom is 0.308 e. The van der Waals surface area contributed by atoms with Gasteiger partial charge >= 0.3 is 5.97 Å². The topological polar surface area (TPSA) is 38.8 Å². The Hall–Kier alpha value is -0.570. The summed E-state index contributed by atoms with van der Waals surface area (Å²) in [6.07, 6.45) is 0.183. The Morgan fingerprint density at radius 3 is 2.80 bits per heavy atom. The maximum atomic E-state index is 10.8. The van der Waals surface area contributed by atoms with Crippen LogP contribution in [0, 0.1) is 5.92 Å². The third-order valence-electron chi connectivity index (χ3n) is 1.29. The molecule has 1 heterocycles. The fourth-order valence-corrected chi connectivity index (χ4v) is 0.506. The average molecular weight is 144 g/mol. The highest BCUT2D eigenvalue weighted by atomic mass is 16.6. The van der Waals surface area contributed by atoms with E-state index in [0.717, 1.165) is 6.61 Å². The van der Waals surface area contributed by atoms with Crippen molar-refractivity contribution >= 4 is 5.97 Å². The molecule has 1 aliphatic heterocycles. The van der Waals surface area contributed by atoms with Crippen LogP contribution in [0.2, 0.25) is 0 Å². The van der Waals surface area contributed by atoms with Crippen molar-refractivity contribution in [3.8, 4) is 0 Å². The van der Waals surface area contributed by atoms with Gasteiger partial charge < -0.3 is 9.47 Å². The molecule has 0 bridgehead atoms. The first kappa shape index (κ1) is 7.54.